The first kappa shape index (κ1) is 26.8. The molecule has 0 amide bonds. The lowest BCUT2D eigenvalue weighted by molar-refractivity contribution is -0.193. The number of rotatable bonds is 9. The lowest BCUT2D eigenvalue weighted by Gasteiger charge is -2.29. The monoisotopic (exact) mass is 498 g/mol. The average molecular weight is 499 g/mol. The molecule has 4 rings (SSSR count). The van der Waals surface area contributed by atoms with Crippen LogP contribution in [0.3, 0.4) is 0 Å². The van der Waals surface area contributed by atoms with Crippen LogP contribution in [0.1, 0.15) is 51.9 Å². The third kappa shape index (κ3) is 8.16. The minimum atomic E-state index is -0.693. The number of para-hydroxylation sites is 1. The smallest absolute Gasteiger partial charge is 0.202 e. The molecule has 7 unspecified atom stereocenters. The predicted octanol–water partition coefficient (Wildman–Crippen LogP) is 4.03. The number of hydrogen-bond donors (Lipinski definition) is 1. The molecule has 1 N–H and O–H groups in total. The van der Waals surface area contributed by atoms with E-state index in [1.165, 1.54) is 6.92 Å². The summed E-state index contributed by atoms with van der Waals surface area (Å²) in [6, 6.07) is 9.62. The molecule has 1 aliphatic carbocycles. The highest BCUT2D eigenvalue weighted by Gasteiger charge is 2.42. The van der Waals surface area contributed by atoms with E-state index in [2.05, 4.69) is 11.8 Å². The minimum Gasteiger partial charge on any atom is -0.491 e. The fraction of sp³-hybridized carbons (Fsp3) is 0.621. The van der Waals surface area contributed by atoms with Gasteiger partial charge in [-0.05, 0) is 56.6 Å². The Morgan fingerprint density at radius 2 is 1.83 bits per heavy atom. The molecule has 7 nitrogen and oxygen atoms in total. The Morgan fingerprint density at radius 3 is 2.50 bits per heavy atom. The van der Waals surface area contributed by atoms with Gasteiger partial charge in [-0.25, -0.2) is 0 Å². The molecule has 196 valence electrons. The van der Waals surface area contributed by atoms with Crippen molar-refractivity contribution < 1.29 is 33.6 Å². The summed E-state index contributed by atoms with van der Waals surface area (Å²) in [5.74, 6) is 5.53. The van der Waals surface area contributed by atoms with E-state index in [9.17, 15) is 9.90 Å². The van der Waals surface area contributed by atoms with Gasteiger partial charge < -0.3 is 28.8 Å². The Hall–Kier alpha value is -2.21. The summed E-state index contributed by atoms with van der Waals surface area (Å²) in [4.78, 5) is 11.5. The lowest BCUT2D eigenvalue weighted by Crippen LogP contribution is -2.32. The quantitative estimate of drug-likeness (QED) is 0.313. The molecule has 0 bridgehead atoms. The van der Waals surface area contributed by atoms with Crippen LogP contribution in [-0.4, -0.2) is 61.6 Å². The summed E-state index contributed by atoms with van der Waals surface area (Å²) in [5.41, 5.74) is 0. The number of Topliss-reactive ketones (excluding diaryl/α,β-unsaturated/α-hetero) is 1. The molecule has 2 aliphatic heterocycles. The second-order valence-electron chi connectivity index (χ2n) is 9.68. The third-order valence-electron chi connectivity index (χ3n) is 6.78. The predicted molar refractivity (Wildman–Crippen MR) is 134 cm³/mol. The van der Waals surface area contributed by atoms with Crippen LogP contribution in [0.4, 0.5) is 0 Å². The number of carbonyl (C=O) groups excluding carboxylic acids is 1. The highest BCUT2D eigenvalue weighted by Crippen LogP contribution is 2.37. The molecule has 7 atom stereocenters. The van der Waals surface area contributed by atoms with Crippen molar-refractivity contribution in [1.82, 2.24) is 0 Å². The number of hydrogen-bond acceptors (Lipinski definition) is 7. The van der Waals surface area contributed by atoms with E-state index < -0.39 is 12.0 Å². The zero-order chi connectivity index (χ0) is 25.2. The topological polar surface area (TPSA) is 83.5 Å². The van der Waals surface area contributed by atoms with Crippen molar-refractivity contribution in [1.29, 1.82) is 0 Å². The highest BCUT2D eigenvalue weighted by molar-refractivity contribution is 5.93. The Bertz CT molecular complexity index is 893. The molecule has 36 heavy (non-hydrogen) atoms. The number of carbonyl (C=O) groups is 1. The number of ketones is 1. The van der Waals surface area contributed by atoms with Crippen LogP contribution >= 0.6 is 0 Å². The second kappa shape index (κ2) is 13.9. The van der Waals surface area contributed by atoms with Gasteiger partial charge in [-0.3, -0.25) is 4.79 Å². The van der Waals surface area contributed by atoms with Gasteiger partial charge in [0.2, 0.25) is 5.78 Å². The fourth-order valence-electron chi connectivity index (χ4n) is 4.91. The van der Waals surface area contributed by atoms with Gasteiger partial charge in [0.05, 0.1) is 18.1 Å². The molecular weight excluding hydrogens is 460 g/mol. The average Bonchev–Trinajstić information content (AvgIpc) is 3.19. The van der Waals surface area contributed by atoms with E-state index in [1.54, 1.807) is 0 Å². The summed E-state index contributed by atoms with van der Waals surface area (Å²) in [6.45, 7) is 3.12. The number of benzene rings is 1. The Morgan fingerprint density at radius 1 is 1.11 bits per heavy atom. The van der Waals surface area contributed by atoms with Gasteiger partial charge in [-0.2, -0.15) is 0 Å². The standard InChI is InChI=1S/C29H38O7/c1-21(30)13-15-24-25(27(19-26(24)31)36-29-12-6-8-18-33-29)16-14-23(35-28-11-5-7-17-32-28)20-34-22-9-3-2-4-10-22/h2-4,9-10,14,16,23-29,31H,5-8,11-12,17-20H2,1H3. The van der Waals surface area contributed by atoms with Crippen LogP contribution < -0.4 is 4.74 Å². The van der Waals surface area contributed by atoms with Crippen molar-refractivity contribution in [3.63, 3.8) is 0 Å². The van der Waals surface area contributed by atoms with Crippen LogP contribution in [-0.2, 0) is 23.7 Å². The zero-order valence-electron chi connectivity index (χ0n) is 21.1. The van der Waals surface area contributed by atoms with E-state index in [1.807, 2.05) is 42.5 Å². The van der Waals surface area contributed by atoms with Gasteiger partial charge in [-0.1, -0.05) is 36.3 Å². The molecule has 2 heterocycles. The van der Waals surface area contributed by atoms with Gasteiger partial charge in [0, 0.05) is 32.5 Å². The molecule has 1 saturated carbocycles. The Kier molecular flexibility index (Phi) is 10.4. The molecule has 3 fully saturated rings. The van der Waals surface area contributed by atoms with E-state index >= 15 is 0 Å². The molecule has 0 aromatic heterocycles. The number of aliphatic hydroxyl groups excluding tert-OH is 1. The Labute approximate surface area is 214 Å². The van der Waals surface area contributed by atoms with Crippen LogP contribution in [0.15, 0.2) is 42.5 Å². The normalized spacial score (nSPS) is 31.5. The molecular formula is C29H38O7. The third-order valence-corrected chi connectivity index (χ3v) is 6.78. The molecule has 1 aromatic rings. The van der Waals surface area contributed by atoms with Crippen LogP contribution in [0.25, 0.3) is 0 Å². The largest absolute Gasteiger partial charge is 0.491 e. The lowest BCUT2D eigenvalue weighted by atomic mass is 9.93. The second-order valence-corrected chi connectivity index (χ2v) is 9.68. The van der Waals surface area contributed by atoms with Crippen molar-refractivity contribution in [3.8, 4) is 17.6 Å². The van der Waals surface area contributed by atoms with Gasteiger partial charge in [0.1, 0.15) is 18.5 Å². The first-order chi connectivity index (χ1) is 17.6. The van der Waals surface area contributed by atoms with E-state index in [-0.39, 0.29) is 36.5 Å². The Balaban J connectivity index is 1.50. The van der Waals surface area contributed by atoms with Crippen molar-refractivity contribution >= 4 is 5.78 Å². The van der Waals surface area contributed by atoms with Gasteiger partial charge in [0.25, 0.3) is 0 Å². The first-order valence-electron chi connectivity index (χ1n) is 13.2. The van der Waals surface area contributed by atoms with Crippen LogP contribution in [0.5, 0.6) is 5.75 Å². The summed E-state index contributed by atoms with van der Waals surface area (Å²) >= 11 is 0. The molecule has 2 saturated heterocycles. The molecule has 3 aliphatic rings. The number of ether oxygens (including phenoxy) is 5. The molecule has 7 heteroatoms. The molecule has 0 radical (unpaired) electrons. The maximum atomic E-state index is 11.5. The van der Waals surface area contributed by atoms with Gasteiger partial charge in [-0.15, -0.1) is 0 Å². The SMILES string of the molecule is CC(=O)C#CC1C(O)CC(OC2CCCCO2)C1C=CC(COc1ccccc1)OC1CCCCO1. The first-order valence-corrected chi connectivity index (χ1v) is 13.2. The van der Waals surface area contributed by atoms with Crippen molar-refractivity contribution in [3.05, 3.63) is 42.5 Å². The maximum Gasteiger partial charge on any atom is 0.202 e. The van der Waals surface area contributed by atoms with E-state index in [4.69, 9.17) is 23.7 Å². The van der Waals surface area contributed by atoms with Crippen LogP contribution in [0.2, 0.25) is 0 Å². The van der Waals surface area contributed by atoms with Crippen molar-refractivity contribution in [2.24, 2.45) is 11.8 Å². The summed E-state index contributed by atoms with van der Waals surface area (Å²) in [5, 5.41) is 10.8. The molecule has 1 aromatic carbocycles. The van der Waals surface area contributed by atoms with E-state index in [0.29, 0.717) is 26.2 Å². The van der Waals surface area contributed by atoms with Crippen molar-refractivity contribution in [2.45, 2.75) is 82.8 Å². The van der Waals surface area contributed by atoms with Crippen molar-refractivity contribution in [2.75, 3.05) is 19.8 Å². The summed E-state index contributed by atoms with van der Waals surface area (Å²) in [7, 11) is 0. The summed E-state index contributed by atoms with van der Waals surface area (Å²) in [6.07, 6.45) is 8.39. The highest BCUT2D eigenvalue weighted by atomic mass is 16.7. The van der Waals surface area contributed by atoms with Gasteiger partial charge >= 0.3 is 0 Å². The maximum absolute atomic E-state index is 11.5. The van der Waals surface area contributed by atoms with E-state index in [0.717, 1.165) is 44.3 Å². The van der Waals surface area contributed by atoms with Crippen LogP contribution in [0, 0.1) is 23.7 Å². The summed E-state index contributed by atoms with van der Waals surface area (Å²) < 4.78 is 30.2. The fourth-order valence-corrected chi connectivity index (χ4v) is 4.91. The van der Waals surface area contributed by atoms with Gasteiger partial charge in [0.15, 0.2) is 12.6 Å². The minimum absolute atomic E-state index is 0.215. The molecule has 0 spiro atoms. The number of aliphatic hydroxyl groups is 1. The zero-order valence-corrected chi connectivity index (χ0v) is 21.1.